The Kier molecular flexibility index (Phi) is 4.70. The first-order chi connectivity index (χ1) is 10.3. The summed E-state index contributed by atoms with van der Waals surface area (Å²) >= 11 is 0. The second kappa shape index (κ2) is 6.35. The third-order valence-electron chi connectivity index (χ3n) is 4.38. The molecular formula is C20H24O2. The highest BCUT2D eigenvalue weighted by atomic mass is 16.4. The summed E-state index contributed by atoms with van der Waals surface area (Å²) in [5.74, 6) is -0.986. The van der Waals surface area contributed by atoms with Gasteiger partial charge in [-0.25, -0.2) is 0 Å². The van der Waals surface area contributed by atoms with Crippen molar-refractivity contribution in [3.63, 3.8) is 0 Å². The first-order valence-corrected chi connectivity index (χ1v) is 7.69. The van der Waals surface area contributed by atoms with E-state index in [1.165, 1.54) is 22.3 Å². The lowest BCUT2D eigenvalue weighted by Crippen LogP contribution is -2.25. The van der Waals surface area contributed by atoms with Crippen LogP contribution in [-0.4, -0.2) is 11.1 Å². The van der Waals surface area contributed by atoms with Crippen molar-refractivity contribution in [3.05, 3.63) is 59.7 Å². The molecule has 1 aliphatic rings. The van der Waals surface area contributed by atoms with Crippen LogP contribution in [0.25, 0.3) is 11.1 Å². The first kappa shape index (κ1) is 16.3. The lowest BCUT2D eigenvalue weighted by atomic mass is 9.82. The lowest BCUT2D eigenvalue weighted by Gasteiger charge is -2.22. The van der Waals surface area contributed by atoms with Gasteiger partial charge in [0.05, 0.1) is 5.92 Å². The zero-order valence-corrected chi connectivity index (χ0v) is 13.8. The average Bonchev–Trinajstić information content (AvgIpc) is 2.84. The predicted molar refractivity (Wildman–Crippen MR) is 90.9 cm³/mol. The van der Waals surface area contributed by atoms with E-state index < -0.39 is 5.97 Å². The molecule has 2 aromatic carbocycles. The standard InChI is InChI=1S/C13H10.C7H14O2/c1-3-7-12-10(5-1)9-11-6-2-4-8-13(11)12;1-5(6(8)9)7(2,3)4/h1-8H,9H2;5H,1-4H3,(H,8,9). The molecule has 0 saturated carbocycles. The maximum atomic E-state index is 10.3. The number of aliphatic carboxylic acids is 1. The van der Waals surface area contributed by atoms with E-state index in [4.69, 9.17) is 5.11 Å². The van der Waals surface area contributed by atoms with Crippen molar-refractivity contribution in [3.8, 4) is 11.1 Å². The molecule has 2 nitrogen and oxygen atoms in total. The summed E-state index contributed by atoms with van der Waals surface area (Å²) in [6.45, 7) is 7.49. The molecule has 0 saturated heterocycles. The van der Waals surface area contributed by atoms with Gasteiger partial charge in [0.1, 0.15) is 0 Å². The minimum absolute atomic E-state index is 0.119. The topological polar surface area (TPSA) is 37.3 Å². The van der Waals surface area contributed by atoms with Crippen molar-refractivity contribution in [2.75, 3.05) is 0 Å². The lowest BCUT2D eigenvalue weighted by molar-refractivity contribution is -0.144. The van der Waals surface area contributed by atoms with Crippen molar-refractivity contribution in [2.24, 2.45) is 11.3 Å². The fourth-order valence-electron chi connectivity index (χ4n) is 2.45. The van der Waals surface area contributed by atoms with Gasteiger partial charge in [0.2, 0.25) is 0 Å². The molecule has 1 unspecified atom stereocenters. The van der Waals surface area contributed by atoms with Gasteiger partial charge in [0, 0.05) is 0 Å². The van der Waals surface area contributed by atoms with E-state index in [1.807, 2.05) is 20.8 Å². The third kappa shape index (κ3) is 3.56. The largest absolute Gasteiger partial charge is 0.481 e. The number of hydrogen-bond donors (Lipinski definition) is 1. The smallest absolute Gasteiger partial charge is 0.306 e. The fourth-order valence-corrected chi connectivity index (χ4v) is 2.45. The summed E-state index contributed by atoms with van der Waals surface area (Å²) in [6, 6.07) is 17.3. The van der Waals surface area contributed by atoms with Gasteiger partial charge in [-0.2, -0.15) is 0 Å². The monoisotopic (exact) mass is 296 g/mol. The zero-order valence-electron chi connectivity index (χ0n) is 13.8. The molecule has 2 aromatic rings. The zero-order chi connectivity index (χ0) is 16.3. The molecule has 22 heavy (non-hydrogen) atoms. The van der Waals surface area contributed by atoms with Crippen LogP contribution in [0.1, 0.15) is 38.8 Å². The van der Waals surface area contributed by atoms with Gasteiger partial charge < -0.3 is 5.11 Å². The Hall–Kier alpha value is -2.09. The first-order valence-electron chi connectivity index (χ1n) is 7.69. The van der Waals surface area contributed by atoms with Crippen LogP contribution in [-0.2, 0) is 11.2 Å². The number of hydrogen-bond acceptors (Lipinski definition) is 1. The van der Waals surface area contributed by atoms with Gasteiger partial charge >= 0.3 is 5.97 Å². The second-order valence-electron chi connectivity index (χ2n) is 6.92. The van der Waals surface area contributed by atoms with E-state index in [2.05, 4.69) is 48.5 Å². The van der Waals surface area contributed by atoms with Crippen LogP contribution in [0, 0.1) is 11.3 Å². The van der Waals surface area contributed by atoms with Gasteiger partial charge in [-0.1, -0.05) is 76.2 Å². The quantitative estimate of drug-likeness (QED) is 0.685. The minimum Gasteiger partial charge on any atom is -0.481 e. The summed E-state index contributed by atoms with van der Waals surface area (Å²) in [5.41, 5.74) is 5.63. The van der Waals surface area contributed by atoms with E-state index in [9.17, 15) is 4.79 Å². The Morgan fingerprint density at radius 3 is 1.68 bits per heavy atom. The summed E-state index contributed by atoms with van der Waals surface area (Å²) in [6.07, 6.45) is 1.10. The Balaban J connectivity index is 0.000000175. The molecule has 1 atom stereocenters. The van der Waals surface area contributed by atoms with E-state index in [-0.39, 0.29) is 11.3 Å². The molecule has 0 radical (unpaired) electrons. The van der Waals surface area contributed by atoms with Crippen LogP contribution < -0.4 is 0 Å². The minimum atomic E-state index is -0.720. The van der Waals surface area contributed by atoms with Crippen molar-refractivity contribution < 1.29 is 9.90 Å². The Bertz CT molecular complexity index is 622. The van der Waals surface area contributed by atoms with Gasteiger partial charge in [-0.15, -0.1) is 0 Å². The predicted octanol–water partition coefficient (Wildman–Crippen LogP) is 5.01. The highest BCUT2D eigenvalue weighted by molar-refractivity contribution is 5.76. The van der Waals surface area contributed by atoms with E-state index in [0.717, 1.165) is 6.42 Å². The number of carboxylic acids is 1. The maximum Gasteiger partial charge on any atom is 0.306 e. The number of fused-ring (bicyclic) bond motifs is 3. The van der Waals surface area contributed by atoms with E-state index in [1.54, 1.807) is 6.92 Å². The van der Waals surface area contributed by atoms with Gasteiger partial charge in [-0.3, -0.25) is 4.79 Å². The van der Waals surface area contributed by atoms with Gasteiger partial charge in [0.15, 0.2) is 0 Å². The Labute approximate surface area is 132 Å². The summed E-state index contributed by atoms with van der Waals surface area (Å²) in [7, 11) is 0. The van der Waals surface area contributed by atoms with E-state index in [0.29, 0.717) is 0 Å². The molecule has 1 aliphatic carbocycles. The molecular weight excluding hydrogens is 272 g/mol. The maximum absolute atomic E-state index is 10.3. The van der Waals surface area contributed by atoms with Crippen molar-refractivity contribution >= 4 is 5.97 Å². The molecule has 1 N–H and O–H groups in total. The molecule has 0 amide bonds. The number of carbonyl (C=O) groups is 1. The molecule has 2 heteroatoms. The molecule has 0 bridgehead atoms. The molecule has 0 heterocycles. The molecule has 0 fully saturated rings. The normalized spacial score (nSPS) is 13.5. The summed E-state index contributed by atoms with van der Waals surface area (Å²) in [4.78, 5) is 10.3. The van der Waals surface area contributed by atoms with Crippen molar-refractivity contribution in [1.29, 1.82) is 0 Å². The van der Waals surface area contributed by atoms with Crippen LogP contribution in [0.4, 0.5) is 0 Å². The highest BCUT2D eigenvalue weighted by Gasteiger charge is 2.25. The molecule has 0 aromatic heterocycles. The van der Waals surface area contributed by atoms with E-state index >= 15 is 0 Å². The number of carboxylic acid groups (broad SMARTS) is 1. The Morgan fingerprint density at radius 1 is 0.955 bits per heavy atom. The molecule has 3 rings (SSSR count). The number of rotatable bonds is 1. The van der Waals surface area contributed by atoms with Crippen LogP contribution in [0.5, 0.6) is 0 Å². The van der Waals surface area contributed by atoms with Gasteiger partial charge in [0.25, 0.3) is 0 Å². The Morgan fingerprint density at radius 2 is 1.36 bits per heavy atom. The molecule has 0 spiro atoms. The number of benzene rings is 2. The summed E-state index contributed by atoms with van der Waals surface area (Å²) < 4.78 is 0. The highest BCUT2D eigenvalue weighted by Crippen LogP contribution is 2.35. The van der Waals surface area contributed by atoms with Crippen molar-refractivity contribution in [2.45, 2.75) is 34.1 Å². The van der Waals surface area contributed by atoms with Crippen LogP contribution in [0.2, 0.25) is 0 Å². The molecule has 0 aliphatic heterocycles. The summed E-state index contributed by atoms with van der Waals surface area (Å²) in [5, 5.41) is 8.52. The second-order valence-corrected chi connectivity index (χ2v) is 6.92. The van der Waals surface area contributed by atoms with Crippen LogP contribution in [0.15, 0.2) is 48.5 Å². The SMILES string of the molecule is CC(C(=O)O)C(C)(C)C.c1ccc2c(c1)Cc1ccccc1-2. The average molecular weight is 296 g/mol. The van der Waals surface area contributed by atoms with Crippen LogP contribution in [0.3, 0.4) is 0 Å². The van der Waals surface area contributed by atoms with Gasteiger partial charge in [-0.05, 0) is 34.1 Å². The molecule has 116 valence electrons. The fraction of sp³-hybridized carbons (Fsp3) is 0.350. The van der Waals surface area contributed by atoms with Crippen molar-refractivity contribution in [1.82, 2.24) is 0 Å². The van der Waals surface area contributed by atoms with Crippen LogP contribution >= 0.6 is 0 Å². The third-order valence-corrected chi connectivity index (χ3v) is 4.38.